The predicted octanol–water partition coefficient (Wildman–Crippen LogP) is 4.05. The van der Waals surface area contributed by atoms with Gasteiger partial charge in [-0.15, -0.1) is 0 Å². The molecule has 2 aromatic carbocycles. The number of aryl methyl sites for hydroxylation is 1. The number of nitrogens with zero attached hydrogens (tertiary/aromatic N) is 3. The van der Waals surface area contributed by atoms with E-state index in [1.165, 1.54) is 11.3 Å². The second-order valence-electron chi connectivity index (χ2n) is 5.73. The largest absolute Gasteiger partial charge is 0.497 e. The van der Waals surface area contributed by atoms with Crippen LogP contribution in [0.2, 0.25) is 0 Å². The van der Waals surface area contributed by atoms with Gasteiger partial charge in [-0.1, -0.05) is 29.5 Å². The van der Waals surface area contributed by atoms with Gasteiger partial charge in [0.2, 0.25) is 5.13 Å². The zero-order chi connectivity index (χ0) is 18.1. The molecule has 130 valence electrons. The Morgan fingerprint density at radius 3 is 2.73 bits per heavy atom. The summed E-state index contributed by atoms with van der Waals surface area (Å²) in [6.07, 6.45) is 0. The first-order valence-electron chi connectivity index (χ1n) is 8.02. The maximum absolute atomic E-state index is 12.5. The molecule has 0 spiro atoms. The number of aromatic nitrogens is 3. The summed E-state index contributed by atoms with van der Waals surface area (Å²) in [5, 5.41) is 8.09. The fourth-order valence-corrected chi connectivity index (χ4v) is 3.54. The number of fused-ring (bicyclic) bond motifs is 1. The Bertz CT molecular complexity index is 1090. The van der Waals surface area contributed by atoms with Gasteiger partial charge in [-0.05, 0) is 31.2 Å². The van der Waals surface area contributed by atoms with E-state index in [1.54, 1.807) is 23.9 Å². The first-order chi connectivity index (χ1) is 12.6. The fourth-order valence-electron chi connectivity index (χ4n) is 2.62. The molecule has 0 fully saturated rings. The van der Waals surface area contributed by atoms with Gasteiger partial charge in [-0.25, -0.2) is 4.98 Å². The number of amides is 1. The Morgan fingerprint density at radius 2 is 1.96 bits per heavy atom. The minimum absolute atomic E-state index is 0.186. The number of anilines is 1. The van der Waals surface area contributed by atoms with E-state index in [1.807, 2.05) is 49.4 Å². The number of nitrogens with one attached hydrogen (secondary N) is 1. The van der Waals surface area contributed by atoms with Crippen LogP contribution in [0.5, 0.6) is 5.75 Å². The zero-order valence-electron chi connectivity index (χ0n) is 14.3. The third kappa shape index (κ3) is 3.04. The molecule has 0 aliphatic carbocycles. The van der Waals surface area contributed by atoms with Crippen LogP contribution in [0.25, 0.3) is 15.3 Å². The smallest absolute Gasteiger partial charge is 0.256 e. The van der Waals surface area contributed by atoms with E-state index in [4.69, 9.17) is 4.74 Å². The topological polar surface area (TPSA) is 69.0 Å². The summed E-state index contributed by atoms with van der Waals surface area (Å²) in [5.74, 6) is 1.15. The lowest BCUT2D eigenvalue weighted by atomic mass is 10.2. The van der Waals surface area contributed by atoms with Gasteiger partial charge >= 0.3 is 0 Å². The molecule has 0 unspecified atom stereocenters. The summed E-state index contributed by atoms with van der Waals surface area (Å²) in [5.41, 5.74) is 2.22. The molecule has 26 heavy (non-hydrogen) atoms. The zero-order valence-corrected chi connectivity index (χ0v) is 15.1. The minimum atomic E-state index is -0.186. The van der Waals surface area contributed by atoms with Gasteiger partial charge in [0.25, 0.3) is 5.91 Å². The molecule has 7 heteroatoms. The summed E-state index contributed by atoms with van der Waals surface area (Å²) < 4.78 is 7.93. The molecule has 0 bridgehead atoms. The van der Waals surface area contributed by atoms with Gasteiger partial charge in [0.1, 0.15) is 11.6 Å². The average Bonchev–Trinajstić information content (AvgIpc) is 3.24. The van der Waals surface area contributed by atoms with Crippen LogP contribution in [0, 0.1) is 6.92 Å². The van der Waals surface area contributed by atoms with E-state index < -0.39 is 0 Å². The lowest BCUT2D eigenvalue weighted by molar-refractivity contribution is 0.102. The van der Waals surface area contributed by atoms with E-state index in [0.29, 0.717) is 16.5 Å². The van der Waals surface area contributed by atoms with Gasteiger partial charge in [0.15, 0.2) is 0 Å². The van der Waals surface area contributed by atoms with Crippen LogP contribution >= 0.6 is 11.3 Å². The van der Waals surface area contributed by atoms with Crippen LogP contribution in [0.15, 0.2) is 54.6 Å². The van der Waals surface area contributed by atoms with Crippen LogP contribution in [-0.2, 0) is 0 Å². The van der Waals surface area contributed by atoms with Gasteiger partial charge in [0.05, 0.1) is 23.0 Å². The lowest BCUT2D eigenvalue weighted by Crippen LogP contribution is -2.14. The van der Waals surface area contributed by atoms with Gasteiger partial charge in [-0.2, -0.15) is 9.78 Å². The van der Waals surface area contributed by atoms with Crippen molar-refractivity contribution in [2.24, 2.45) is 0 Å². The number of thiazole rings is 1. The number of hydrogen-bond acceptors (Lipinski definition) is 5. The maximum atomic E-state index is 12.5. The van der Waals surface area contributed by atoms with Crippen LogP contribution in [0.4, 0.5) is 5.82 Å². The Balaban J connectivity index is 1.70. The first kappa shape index (κ1) is 16.3. The second kappa shape index (κ2) is 6.61. The van der Waals surface area contributed by atoms with Crippen molar-refractivity contribution in [3.05, 3.63) is 65.9 Å². The number of hydrogen-bond donors (Lipinski definition) is 1. The highest BCUT2D eigenvalue weighted by atomic mass is 32.1. The van der Waals surface area contributed by atoms with Crippen molar-refractivity contribution >= 4 is 33.3 Å². The first-order valence-corrected chi connectivity index (χ1v) is 8.84. The van der Waals surface area contributed by atoms with Crippen molar-refractivity contribution in [1.82, 2.24) is 14.8 Å². The molecule has 1 amide bonds. The summed E-state index contributed by atoms with van der Waals surface area (Å²) in [6.45, 7) is 1.88. The number of rotatable bonds is 4. The van der Waals surface area contributed by atoms with E-state index in [-0.39, 0.29) is 5.91 Å². The number of carbonyl (C=O) groups excluding carboxylic acids is 1. The van der Waals surface area contributed by atoms with Crippen LogP contribution < -0.4 is 10.1 Å². The van der Waals surface area contributed by atoms with Crippen molar-refractivity contribution in [3.8, 4) is 10.9 Å². The third-order valence-corrected chi connectivity index (χ3v) is 4.89. The average molecular weight is 364 g/mol. The molecule has 4 aromatic rings. The number of methoxy groups -OCH3 is 1. The highest BCUT2D eigenvalue weighted by molar-refractivity contribution is 7.20. The van der Waals surface area contributed by atoms with Crippen molar-refractivity contribution in [2.75, 3.05) is 12.4 Å². The van der Waals surface area contributed by atoms with E-state index in [9.17, 15) is 4.79 Å². The lowest BCUT2D eigenvalue weighted by Gasteiger charge is -2.06. The molecule has 0 aliphatic rings. The van der Waals surface area contributed by atoms with Crippen molar-refractivity contribution in [2.45, 2.75) is 6.92 Å². The quantitative estimate of drug-likeness (QED) is 0.593. The molecule has 0 saturated heterocycles. The van der Waals surface area contributed by atoms with Crippen LogP contribution in [-0.4, -0.2) is 27.8 Å². The van der Waals surface area contributed by atoms with Gasteiger partial charge < -0.3 is 10.1 Å². The summed E-state index contributed by atoms with van der Waals surface area (Å²) >= 11 is 1.50. The molecule has 4 rings (SSSR count). The van der Waals surface area contributed by atoms with Gasteiger partial charge in [0, 0.05) is 17.7 Å². The van der Waals surface area contributed by atoms with E-state index in [0.717, 1.165) is 21.7 Å². The Morgan fingerprint density at radius 1 is 1.15 bits per heavy atom. The summed E-state index contributed by atoms with van der Waals surface area (Å²) in [7, 11) is 1.63. The molecule has 6 nitrogen and oxygen atoms in total. The summed E-state index contributed by atoms with van der Waals surface area (Å²) in [4.78, 5) is 17.1. The number of ether oxygens (including phenoxy) is 1. The van der Waals surface area contributed by atoms with E-state index >= 15 is 0 Å². The number of carbonyl (C=O) groups is 1. The van der Waals surface area contributed by atoms with Crippen molar-refractivity contribution in [3.63, 3.8) is 0 Å². The monoisotopic (exact) mass is 364 g/mol. The Hall–Kier alpha value is -3.19. The van der Waals surface area contributed by atoms with Crippen molar-refractivity contribution in [1.29, 1.82) is 0 Å². The standard InChI is InChI=1S/C19H16N4O2S/c1-12-10-17(21-18(24)13-6-4-3-5-7-13)23(22-12)19-20-15-11-14(25-2)8-9-16(15)26-19/h3-11H,1-2H3,(H,21,24). The minimum Gasteiger partial charge on any atom is -0.497 e. The normalized spacial score (nSPS) is 10.8. The van der Waals surface area contributed by atoms with Gasteiger partial charge in [-0.3, -0.25) is 4.79 Å². The molecule has 0 atom stereocenters. The molecule has 2 heterocycles. The highest BCUT2D eigenvalue weighted by Gasteiger charge is 2.15. The molecule has 2 aromatic heterocycles. The molecule has 0 aliphatic heterocycles. The highest BCUT2D eigenvalue weighted by Crippen LogP contribution is 2.29. The molecular weight excluding hydrogens is 348 g/mol. The Kier molecular flexibility index (Phi) is 4.14. The maximum Gasteiger partial charge on any atom is 0.256 e. The summed E-state index contributed by atoms with van der Waals surface area (Å²) in [6, 6.07) is 16.7. The molecular formula is C19H16N4O2S. The second-order valence-corrected chi connectivity index (χ2v) is 6.74. The van der Waals surface area contributed by atoms with Crippen molar-refractivity contribution < 1.29 is 9.53 Å². The Labute approximate surface area is 154 Å². The van der Waals surface area contributed by atoms with Crippen LogP contribution in [0.3, 0.4) is 0 Å². The fraction of sp³-hybridized carbons (Fsp3) is 0.105. The predicted molar refractivity (Wildman–Crippen MR) is 102 cm³/mol. The van der Waals surface area contributed by atoms with Crippen LogP contribution in [0.1, 0.15) is 16.1 Å². The molecule has 0 radical (unpaired) electrons. The third-order valence-electron chi connectivity index (χ3n) is 3.87. The SMILES string of the molecule is COc1ccc2sc(-n3nc(C)cc3NC(=O)c3ccccc3)nc2c1. The molecule has 0 saturated carbocycles. The van der Waals surface area contributed by atoms with E-state index in [2.05, 4.69) is 15.4 Å². The molecule has 1 N–H and O–H groups in total. The number of benzene rings is 2.